The summed E-state index contributed by atoms with van der Waals surface area (Å²) in [7, 11) is 0. The first-order valence-corrected chi connectivity index (χ1v) is 6.24. The number of hydrogen-bond acceptors (Lipinski definition) is 3. The predicted octanol–water partition coefficient (Wildman–Crippen LogP) is 3.24. The van der Waals surface area contributed by atoms with Gasteiger partial charge in [0.15, 0.2) is 0 Å². The van der Waals surface area contributed by atoms with Crippen molar-refractivity contribution in [3.8, 4) is 5.75 Å². The molecule has 0 radical (unpaired) electrons. The predicted molar refractivity (Wildman–Crippen MR) is 74.4 cm³/mol. The minimum absolute atomic E-state index is 0.0541. The third-order valence-corrected chi connectivity index (χ3v) is 3.30. The molecule has 0 spiro atoms. The first kappa shape index (κ1) is 14.9. The number of carbonyl (C=O) groups is 1. The highest BCUT2D eigenvalue weighted by Gasteiger charge is 2.17. The van der Waals surface area contributed by atoms with Crippen molar-refractivity contribution in [1.29, 1.82) is 0 Å². The number of aromatic nitrogens is 1. The molecule has 21 heavy (non-hydrogen) atoms. The average Bonchev–Trinajstić information content (AvgIpc) is 2.42. The molecule has 1 aromatic heterocycles. The average molecular weight is 292 g/mol. The zero-order valence-electron chi connectivity index (χ0n) is 11.8. The van der Waals surface area contributed by atoms with Crippen molar-refractivity contribution < 1.29 is 18.7 Å². The second kappa shape index (κ2) is 5.47. The van der Waals surface area contributed by atoms with Crippen LogP contribution in [-0.4, -0.2) is 16.0 Å². The van der Waals surface area contributed by atoms with E-state index >= 15 is 0 Å². The molecular formula is C15H14F2N2O2. The molecule has 0 atom stereocenters. The standard InChI is InChI=1S/C15H14F2N2O2/c1-7-8(2)14(18-9(3)13(7)20)19-15(21)11-5-4-10(16)6-12(11)17/h4-6,20H,1-3H3,(H,18,19,21). The minimum Gasteiger partial charge on any atom is -0.506 e. The summed E-state index contributed by atoms with van der Waals surface area (Å²) in [5.41, 5.74) is 1.24. The number of benzene rings is 1. The molecule has 2 rings (SSSR count). The van der Waals surface area contributed by atoms with E-state index in [4.69, 9.17) is 0 Å². The van der Waals surface area contributed by atoms with Gasteiger partial charge in [0.1, 0.15) is 23.2 Å². The lowest BCUT2D eigenvalue weighted by Gasteiger charge is -2.13. The van der Waals surface area contributed by atoms with Gasteiger partial charge >= 0.3 is 0 Å². The Morgan fingerprint density at radius 3 is 2.48 bits per heavy atom. The van der Waals surface area contributed by atoms with Crippen LogP contribution in [0, 0.1) is 32.4 Å². The Kier molecular flexibility index (Phi) is 3.88. The van der Waals surface area contributed by atoms with Gasteiger partial charge < -0.3 is 10.4 Å². The van der Waals surface area contributed by atoms with Crippen LogP contribution in [0.3, 0.4) is 0 Å². The monoisotopic (exact) mass is 292 g/mol. The van der Waals surface area contributed by atoms with Gasteiger partial charge in [-0.2, -0.15) is 0 Å². The Hall–Kier alpha value is -2.50. The van der Waals surface area contributed by atoms with Gasteiger partial charge in [-0.05, 0) is 44.0 Å². The summed E-state index contributed by atoms with van der Waals surface area (Å²) >= 11 is 0. The Bertz CT molecular complexity index is 730. The Labute approximate surface area is 120 Å². The van der Waals surface area contributed by atoms with E-state index in [-0.39, 0.29) is 17.1 Å². The van der Waals surface area contributed by atoms with Crippen molar-refractivity contribution >= 4 is 11.7 Å². The third-order valence-electron chi connectivity index (χ3n) is 3.30. The fourth-order valence-electron chi connectivity index (χ4n) is 1.90. The Morgan fingerprint density at radius 2 is 1.86 bits per heavy atom. The SMILES string of the molecule is Cc1nc(NC(=O)c2ccc(F)cc2F)c(C)c(C)c1O. The number of anilines is 1. The maximum absolute atomic E-state index is 13.6. The van der Waals surface area contributed by atoms with Crippen molar-refractivity contribution in [3.63, 3.8) is 0 Å². The molecule has 0 saturated heterocycles. The number of aryl methyl sites for hydroxylation is 1. The molecule has 110 valence electrons. The molecule has 0 aliphatic rings. The van der Waals surface area contributed by atoms with Crippen molar-refractivity contribution in [3.05, 3.63) is 52.2 Å². The van der Waals surface area contributed by atoms with Crippen LogP contribution in [0.4, 0.5) is 14.6 Å². The van der Waals surface area contributed by atoms with Crippen LogP contribution in [0.25, 0.3) is 0 Å². The molecule has 4 nitrogen and oxygen atoms in total. The third kappa shape index (κ3) is 2.84. The fourth-order valence-corrected chi connectivity index (χ4v) is 1.90. The number of nitrogens with zero attached hydrogens (tertiary/aromatic N) is 1. The molecule has 1 aromatic carbocycles. The van der Waals surface area contributed by atoms with Crippen LogP contribution in [0.5, 0.6) is 5.75 Å². The fraction of sp³-hybridized carbons (Fsp3) is 0.200. The van der Waals surface area contributed by atoms with Crippen LogP contribution in [0.2, 0.25) is 0 Å². The summed E-state index contributed by atoms with van der Waals surface area (Å²) in [6, 6.07) is 2.71. The van der Waals surface area contributed by atoms with Crippen LogP contribution < -0.4 is 5.32 Å². The van der Waals surface area contributed by atoms with Crippen LogP contribution in [0.15, 0.2) is 18.2 Å². The van der Waals surface area contributed by atoms with Gasteiger partial charge in [0.2, 0.25) is 0 Å². The number of pyridine rings is 1. The van der Waals surface area contributed by atoms with Crippen molar-refractivity contribution in [2.24, 2.45) is 0 Å². The van der Waals surface area contributed by atoms with Crippen molar-refractivity contribution in [2.45, 2.75) is 20.8 Å². The molecule has 0 aliphatic heterocycles. The molecule has 0 fully saturated rings. The first-order chi connectivity index (χ1) is 9.81. The molecule has 0 saturated carbocycles. The van der Waals surface area contributed by atoms with Gasteiger partial charge in [0.05, 0.1) is 11.3 Å². The van der Waals surface area contributed by atoms with Gasteiger partial charge in [0.25, 0.3) is 5.91 Å². The normalized spacial score (nSPS) is 10.5. The number of rotatable bonds is 2. The maximum atomic E-state index is 13.6. The molecule has 0 bridgehead atoms. The van der Waals surface area contributed by atoms with E-state index in [1.165, 1.54) is 0 Å². The lowest BCUT2D eigenvalue weighted by molar-refractivity contribution is 0.102. The van der Waals surface area contributed by atoms with E-state index in [0.29, 0.717) is 22.9 Å². The van der Waals surface area contributed by atoms with Gasteiger partial charge in [-0.15, -0.1) is 0 Å². The van der Waals surface area contributed by atoms with Crippen molar-refractivity contribution in [2.75, 3.05) is 5.32 Å². The number of nitrogens with one attached hydrogen (secondary N) is 1. The lowest BCUT2D eigenvalue weighted by atomic mass is 10.1. The lowest BCUT2D eigenvalue weighted by Crippen LogP contribution is -2.16. The summed E-state index contributed by atoms with van der Waals surface area (Å²) in [4.78, 5) is 16.1. The zero-order valence-corrected chi connectivity index (χ0v) is 11.8. The van der Waals surface area contributed by atoms with Gasteiger partial charge in [-0.3, -0.25) is 4.79 Å². The molecule has 1 heterocycles. The molecule has 2 aromatic rings. The van der Waals surface area contributed by atoms with E-state index < -0.39 is 17.5 Å². The second-order valence-corrected chi connectivity index (χ2v) is 4.72. The zero-order chi connectivity index (χ0) is 15.7. The van der Waals surface area contributed by atoms with E-state index in [1.807, 2.05) is 0 Å². The molecule has 6 heteroatoms. The number of aromatic hydroxyl groups is 1. The number of amides is 1. The summed E-state index contributed by atoms with van der Waals surface area (Å²) in [6.07, 6.45) is 0. The molecular weight excluding hydrogens is 278 g/mol. The van der Waals surface area contributed by atoms with Crippen LogP contribution in [-0.2, 0) is 0 Å². The highest BCUT2D eigenvalue weighted by atomic mass is 19.1. The highest BCUT2D eigenvalue weighted by Crippen LogP contribution is 2.27. The summed E-state index contributed by atoms with van der Waals surface area (Å²) < 4.78 is 26.4. The number of halogens is 2. The first-order valence-electron chi connectivity index (χ1n) is 6.24. The minimum atomic E-state index is -0.947. The molecule has 1 amide bonds. The maximum Gasteiger partial charge on any atom is 0.259 e. The second-order valence-electron chi connectivity index (χ2n) is 4.72. The molecule has 0 aliphatic carbocycles. The van der Waals surface area contributed by atoms with Crippen molar-refractivity contribution in [1.82, 2.24) is 4.98 Å². The summed E-state index contributed by atoms with van der Waals surface area (Å²) in [6.45, 7) is 4.96. The summed E-state index contributed by atoms with van der Waals surface area (Å²) in [5, 5.41) is 12.2. The quantitative estimate of drug-likeness (QED) is 0.893. The van der Waals surface area contributed by atoms with Gasteiger partial charge in [0, 0.05) is 6.07 Å². The van der Waals surface area contributed by atoms with Crippen LogP contribution >= 0.6 is 0 Å². The van der Waals surface area contributed by atoms with Gasteiger partial charge in [-0.25, -0.2) is 13.8 Å². The number of carbonyl (C=O) groups excluding carboxylic acids is 1. The Balaban J connectivity index is 2.36. The largest absolute Gasteiger partial charge is 0.506 e. The Morgan fingerprint density at radius 1 is 1.19 bits per heavy atom. The van der Waals surface area contributed by atoms with Gasteiger partial charge in [-0.1, -0.05) is 0 Å². The number of hydrogen-bond donors (Lipinski definition) is 2. The topological polar surface area (TPSA) is 62.2 Å². The molecule has 2 N–H and O–H groups in total. The molecule has 0 unspecified atom stereocenters. The van der Waals surface area contributed by atoms with E-state index in [0.717, 1.165) is 12.1 Å². The smallest absolute Gasteiger partial charge is 0.259 e. The highest BCUT2D eigenvalue weighted by molar-refractivity contribution is 6.04. The van der Waals surface area contributed by atoms with E-state index in [9.17, 15) is 18.7 Å². The van der Waals surface area contributed by atoms with E-state index in [1.54, 1.807) is 20.8 Å². The van der Waals surface area contributed by atoms with Crippen LogP contribution in [0.1, 0.15) is 27.2 Å². The summed E-state index contributed by atoms with van der Waals surface area (Å²) in [5.74, 6) is -2.14. The van der Waals surface area contributed by atoms with E-state index in [2.05, 4.69) is 10.3 Å².